The number of nitrogens with zero attached hydrogens (tertiary/aromatic N) is 3. The first-order valence-electron chi connectivity index (χ1n) is 6.74. The lowest BCUT2D eigenvalue weighted by Gasteiger charge is -2.41. The van der Waals surface area contributed by atoms with Crippen LogP contribution in [0.25, 0.3) is 0 Å². The minimum absolute atomic E-state index is 0.0253. The van der Waals surface area contributed by atoms with Gasteiger partial charge in [-0.05, 0) is 13.8 Å². The molecule has 2 aliphatic heterocycles. The fourth-order valence-corrected chi connectivity index (χ4v) is 3.78. The zero-order valence-electron chi connectivity index (χ0n) is 11.3. The van der Waals surface area contributed by atoms with Crippen LogP contribution >= 0.6 is 11.3 Å². The maximum atomic E-state index is 11.6. The summed E-state index contributed by atoms with van der Waals surface area (Å²) in [5.74, 6) is -0.0502. The van der Waals surface area contributed by atoms with Crippen molar-refractivity contribution >= 4 is 22.4 Å². The lowest BCUT2D eigenvalue weighted by molar-refractivity contribution is -0.142. The average Bonchev–Trinajstić information content (AvgIpc) is 2.98. The Bertz CT molecular complexity index is 476. The first-order chi connectivity index (χ1) is 9.15. The van der Waals surface area contributed by atoms with Crippen molar-refractivity contribution < 1.29 is 9.53 Å². The van der Waals surface area contributed by atoms with Gasteiger partial charge in [0.25, 0.3) is 0 Å². The molecule has 0 aliphatic carbocycles. The van der Waals surface area contributed by atoms with Crippen molar-refractivity contribution in [1.29, 1.82) is 0 Å². The number of ether oxygens (including phenoxy) is 1. The summed E-state index contributed by atoms with van der Waals surface area (Å²) >= 11 is 1.70. The number of thiazole rings is 1. The molecule has 0 aromatic carbocycles. The highest BCUT2D eigenvalue weighted by molar-refractivity contribution is 7.13. The van der Waals surface area contributed by atoms with Gasteiger partial charge in [0.1, 0.15) is 6.04 Å². The second kappa shape index (κ2) is 5.09. The van der Waals surface area contributed by atoms with E-state index in [9.17, 15) is 4.79 Å². The number of carbonyl (C=O) groups is 1. The number of rotatable bonds is 2. The van der Waals surface area contributed by atoms with Crippen LogP contribution in [0.4, 0.5) is 5.13 Å². The van der Waals surface area contributed by atoms with Gasteiger partial charge in [0.05, 0.1) is 12.3 Å². The summed E-state index contributed by atoms with van der Waals surface area (Å²) in [6, 6.07) is 0.357. The van der Waals surface area contributed by atoms with Gasteiger partial charge in [-0.25, -0.2) is 4.98 Å². The smallest absolute Gasteiger partial charge is 0.323 e. The fraction of sp³-hybridized carbons (Fsp3) is 0.692. The predicted octanol–water partition coefficient (Wildman–Crippen LogP) is 1.28. The van der Waals surface area contributed by atoms with Crippen molar-refractivity contribution in [2.75, 3.05) is 31.1 Å². The van der Waals surface area contributed by atoms with E-state index in [0.29, 0.717) is 12.6 Å². The standard InChI is InChI=1S/C13H19N3O2S/c1-9-8-19-13(14-9)16-5-4-15(7-10(16)2)11-3-6-18-12(11)17/h8,10-11H,3-7H2,1-2H3/t10-,11-/m0/s1. The summed E-state index contributed by atoms with van der Waals surface area (Å²) in [5, 5.41) is 3.18. The van der Waals surface area contributed by atoms with Gasteiger partial charge in [-0.15, -0.1) is 11.3 Å². The number of esters is 1. The fourth-order valence-electron chi connectivity index (χ4n) is 2.84. The highest BCUT2D eigenvalue weighted by Gasteiger charge is 2.36. The molecule has 2 atom stereocenters. The number of aromatic nitrogens is 1. The maximum Gasteiger partial charge on any atom is 0.323 e. The summed E-state index contributed by atoms with van der Waals surface area (Å²) in [6.45, 7) is 7.53. The molecule has 2 saturated heterocycles. The molecule has 3 heterocycles. The van der Waals surface area contributed by atoms with Crippen molar-refractivity contribution in [3.05, 3.63) is 11.1 Å². The molecule has 0 spiro atoms. The van der Waals surface area contributed by atoms with E-state index < -0.39 is 0 Å². The summed E-state index contributed by atoms with van der Waals surface area (Å²) in [7, 11) is 0. The summed E-state index contributed by atoms with van der Waals surface area (Å²) < 4.78 is 5.06. The third-order valence-corrected chi connectivity index (χ3v) is 4.86. The maximum absolute atomic E-state index is 11.6. The molecule has 5 nitrogen and oxygen atoms in total. The van der Waals surface area contributed by atoms with Crippen LogP contribution in [0, 0.1) is 6.92 Å². The molecule has 0 unspecified atom stereocenters. The Labute approximate surface area is 117 Å². The van der Waals surface area contributed by atoms with Crippen LogP contribution in [0.5, 0.6) is 0 Å². The van der Waals surface area contributed by atoms with Gasteiger partial charge >= 0.3 is 5.97 Å². The molecule has 1 aromatic heterocycles. The molecule has 0 bridgehead atoms. The van der Waals surface area contributed by atoms with Gasteiger partial charge in [-0.2, -0.15) is 0 Å². The largest absolute Gasteiger partial charge is 0.464 e. The number of aryl methyl sites for hydroxylation is 1. The molecule has 1 aromatic rings. The second-order valence-corrected chi connectivity index (χ2v) is 6.12. The molecular weight excluding hydrogens is 262 g/mol. The topological polar surface area (TPSA) is 45.7 Å². The van der Waals surface area contributed by atoms with Crippen molar-refractivity contribution in [3.8, 4) is 0 Å². The molecule has 0 saturated carbocycles. The summed E-state index contributed by atoms with van der Waals surface area (Å²) in [4.78, 5) is 20.8. The molecular formula is C13H19N3O2S. The third-order valence-electron chi connectivity index (χ3n) is 3.86. The van der Waals surface area contributed by atoms with Gasteiger partial charge in [0.15, 0.2) is 5.13 Å². The monoisotopic (exact) mass is 281 g/mol. The Kier molecular flexibility index (Phi) is 3.45. The van der Waals surface area contributed by atoms with E-state index in [0.717, 1.165) is 36.9 Å². The van der Waals surface area contributed by atoms with Gasteiger partial charge < -0.3 is 9.64 Å². The van der Waals surface area contributed by atoms with Crippen molar-refractivity contribution in [3.63, 3.8) is 0 Å². The Morgan fingerprint density at radius 1 is 1.47 bits per heavy atom. The molecule has 6 heteroatoms. The number of anilines is 1. The molecule has 0 N–H and O–H groups in total. The Morgan fingerprint density at radius 2 is 2.32 bits per heavy atom. The van der Waals surface area contributed by atoms with Crippen molar-refractivity contribution in [1.82, 2.24) is 9.88 Å². The van der Waals surface area contributed by atoms with E-state index in [1.807, 2.05) is 6.92 Å². The number of hydrogen-bond acceptors (Lipinski definition) is 6. The molecule has 19 heavy (non-hydrogen) atoms. The van der Waals surface area contributed by atoms with E-state index in [1.165, 1.54) is 0 Å². The highest BCUT2D eigenvalue weighted by Crippen LogP contribution is 2.26. The lowest BCUT2D eigenvalue weighted by Crippen LogP contribution is -2.56. The van der Waals surface area contributed by atoms with E-state index in [4.69, 9.17) is 4.74 Å². The number of hydrogen-bond donors (Lipinski definition) is 0. The molecule has 2 fully saturated rings. The first kappa shape index (κ1) is 12.9. The van der Waals surface area contributed by atoms with E-state index in [1.54, 1.807) is 11.3 Å². The van der Waals surface area contributed by atoms with Crippen LogP contribution in [0.2, 0.25) is 0 Å². The first-order valence-corrected chi connectivity index (χ1v) is 7.62. The van der Waals surface area contributed by atoms with E-state index in [-0.39, 0.29) is 12.0 Å². The Hall–Kier alpha value is -1.14. The second-order valence-electron chi connectivity index (χ2n) is 5.28. The van der Waals surface area contributed by atoms with E-state index >= 15 is 0 Å². The van der Waals surface area contributed by atoms with Gasteiger partial charge in [-0.1, -0.05) is 0 Å². The van der Waals surface area contributed by atoms with Crippen molar-refractivity contribution in [2.45, 2.75) is 32.4 Å². The SMILES string of the molecule is Cc1csc(N2CCN([C@H]3CCOC3=O)C[C@@H]2C)n1. The third kappa shape index (κ3) is 2.47. The Morgan fingerprint density at radius 3 is 2.89 bits per heavy atom. The highest BCUT2D eigenvalue weighted by atomic mass is 32.1. The predicted molar refractivity (Wildman–Crippen MR) is 74.6 cm³/mol. The lowest BCUT2D eigenvalue weighted by atomic mass is 10.1. The van der Waals surface area contributed by atoms with Crippen LogP contribution in [-0.4, -0.2) is 54.2 Å². The Balaban J connectivity index is 1.67. The van der Waals surface area contributed by atoms with Crippen molar-refractivity contribution in [2.24, 2.45) is 0 Å². The zero-order valence-corrected chi connectivity index (χ0v) is 12.2. The molecule has 0 amide bonds. The van der Waals surface area contributed by atoms with Crippen LogP contribution in [0.3, 0.4) is 0 Å². The van der Waals surface area contributed by atoms with Crippen LogP contribution in [0.15, 0.2) is 5.38 Å². The average molecular weight is 281 g/mol. The summed E-state index contributed by atoms with van der Waals surface area (Å²) in [6.07, 6.45) is 0.835. The van der Waals surface area contributed by atoms with Gasteiger partial charge in [0, 0.05) is 37.5 Å². The minimum atomic E-state index is -0.0502. The molecule has 0 radical (unpaired) electrons. The molecule has 104 valence electrons. The van der Waals surface area contributed by atoms with Crippen LogP contribution in [-0.2, 0) is 9.53 Å². The molecule has 3 rings (SSSR count). The number of cyclic esters (lactones) is 1. The van der Waals surface area contributed by atoms with Crippen LogP contribution < -0.4 is 4.90 Å². The number of carbonyl (C=O) groups excluding carboxylic acids is 1. The quantitative estimate of drug-likeness (QED) is 0.764. The zero-order chi connectivity index (χ0) is 13.4. The van der Waals surface area contributed by atoms with Gasteiger partial charge in [0.2, 0.25) is 0 Å². The van der Waals surface area contributed by atoms with Gasteiger partial charge in [-0.3, -0.25) is 9.69 Å². The summed E-state index contributed by atoms with van der Waals surface area (Å²) in [5.41, 5.74) is 1.08. The molecule has 2 aliphatic rings. The van der Waals surface area contributed by atoms with Crippen LogP contribution in [0.1, 0.15) is 19.0 Å². The minimum Gasteiger partial charge on any atom is -0.464 e. The normalized spacial score (nSPS) is 28.7. The number of piperazine rings is 1. The van der Waals surface area contributed by atoms with E-state index in [2.05, 4.69) is 27.1 Å².